The van der Waals surface area contributed by atoms with Gasteiger partial charge in [0.1, 0.15) is 0 Å². The van der Waals surface area contributed by atoms with Crippen molar-refractivity contribution in [3.63, 3.8) is 0 Å². The molecule has 0 amide bonds. The summed E-state index contributed by atoms with van der Waals surface area (Å²) in [4.78, 5) is 2.58. The minimum Gasteiger partial charge on any atom is -0.312 e. The maximum Gasteiger partial charge on any atom is 0.0243 e. The van der Waals surface area contributed by atoms with Gasteiger partial charge in [-0.3, -0.25) is 0 Å². The molecule has 18 heavy (non-hydrogen) atoms. The second kappa shape index (κ2) is 12.0. The molecular weight excluding hydrogens is 220 g/mol. The van der Waals surface area contributed by atoms with E-state index < -0.39 is 0 Å². The Hall–Kier alpha value is -0.0800. The Morgan fingerprint density at radius 3 is 2.17 bits per heavy atom. The highest BCUT2D eigenvalue weighted by molar-refractivity contribution is 4.82. The van der Waals surface area contributed by atoms with Gasteiger partial charge in [0.05, 0.1) is 0 Å². The smallest absolute Gasteiger partial charge is 0.0243 e. The largest absolute Gasteiger partial charge is 0.312 e. The standard InChI is InChI=1S/C16H36N2/c1-6-10-11-14-18(5)16(9-4)15(12-7-2)17-13-8-3/h15-17H,6-14H2,1-5H3. The number of hydrogen-bond acceptors (Lipinski definition) is 2. The lowest BCUT2D eigenvalue weighted by Gasteiger charge is -2.35. The quantitative estimate of drug-likeness (QED) is 0.530. The number of likely N-dealkylation sites (N-methyl/N-ethyl adjacent to an activating group) is 1. The van der Waals surface area contributed by atoms with Crippen LogP contribution in [0.5, 0.6) is 0 Å². The lowest BCUT2D eigenvalue weighted by atomic mass is 9.99. The first kappa shape index (κ1) is 17.9. The van der Waals surface area contributed by atoms with E-state index in [4.69, 9.17) is 0 Å². The predicted octanol–water partition coefficient (Wildman–Crippen LogP) is 4.06. The summed E-state index contributed by atoms with van der Waals surface area (Å²) < 4.78 is 0. The van der Waals surface area contributed by atoms with E-state index in [9.17, 15) is 0 Å². The van der Waals surface area contributed by atoms with Gasteiger partial charge in [-0.2, -0.15) is 0 Å². The number of nitrogens with one attached hydrogen (secondary N) is 1. The minimum atomic E-state index is 0.673. The van der Waals surface area contributed by atoms with Crippen molar-refractivity contribution in [1.82, 2.24) is 10.2 Å². The van der Waals surface area contributed by atoms with Crippen molar-refractivity contribution in [3.8, 4) is 0 Å². The Kier molecular flexibility index (Phi) is 11.9. The molecule has 0 aromatic heterocycles. The number of nitrogens with zero attached hydrogens (tertiary/aromatic N) is 1. The van der Waals surface area contributed by atoms with E-state index in [0.29, 0.717) is 12.1 Å². The topological polar surface area (TPSA) is 15.3 Å². The Morgan fingerprint density at radius 2 is 1.67 bits per heavy atom. The summed E-state index contributed by atoms with van der Waals surface area (Å²) in [5.41, 5.74) is 0. The van der Waals surface area contributed by atoms with Crippen LogP contribution in [0.1, 0.15) is 72.6 Å². The van der Waals surface area contributed by atoms with Crippen molar-refractivity contribution in [1.29, 1.82) is 0 Å². The van der Waals surface area contributed by atoms with Crippen LogP contribution < -0.4 is 5.32 Å². The van der Waals surface area contributed by atoms with Crippen molar-refractivity contribution >= 4 is 0 Å². The van der Waals surface area contributed by atoms with Crippen molar-refractivity contribution in [2.75, 3.05) is 20.1 Å². The summed E-state index contributed by atoms with van der Waals surface area (Å²) >= 11 is 0. The van der Waals surface area contributed by atoms with Crippen molar-refractivity contribution in [3.05, 3.63) is 0 Å². The Balaban J connectivity index is 4.26. The van der Waals surface area contributed by atoms with Gasteiger partial charge in [0.15, 0.2) is 0 Å². The average Bonchev–Trinajstić information content (AvgIpc) is 2.37. The molecule has 0 bridgehead atoms. The van der Waals surface area contributed by atoms with Gasteiger partial charge in [-0.25, -0.2) is 0 Å². The molecule has 0 fully saturated rings. The molecule has 2 heteroatoms. The zero-order valence-corrected chi connectivity index (χ0v) is 13.5. The molecule has 0 aromatic carbocycles. The van der Waals surface area contributed by atoms with Crippen LogP contribution in [0.15, 0.2) is 0 Å². The van der Waals surface area contributed by atoms with E-state index in [-0.39, 0.29) is 0 Å². The highest BCUT2D eigenvalue weighted by Gasteiger charge is 2.22. The molecular formula is C16H36N2. The van der Waals surface area contributed by atoms with Gasteiger partial charge in [0.25, 0.3) is 0 Å². The molecule has 0 aromatic rings. The predicted molar refractivity (Wildman–Crippen MR) is 83.2 cm³/mol. The molecule has 0 aliphatic rings. The fourth-order valence-corrected chi connectivity index (χ4v) is 2.75. The molecule has 1 N–H and O–H groups in total. The molecule has 0 aliphatic carbocycles. The van der Waals surface area contributed by atoms with Crippen LogP contribution in [0, 0.1) is 0 Å². The highest BCUT2D eigenvalue weighted by atomic mass is 15.2. The van der Waals surface area contributed by atoms with Gasteiger partial charge >= 0.3 is 0 Å². The Bertz CT molecular complexity index is 170. The van der Waals surface area contributed by atoms with Crippen LogP contribution in [0.2, 0.25) is 0 Å². The molecule has 0 saturated carbocycles. The average molecular weight is 256 g/mol. The van der Waals surface area contributed by atoms with Crippen LogP contribution in [-0.4, -0.2) is 37.1 Å². The first-order valence-electron chi connectivity index (χ1n) is 8.14. The van der Waals surface area contributed by atoms with E-state index in [2.05, 4.69) is 45.0 Å². The van der Waals surface area contributed by atoms with Gasteiger partial charge < -0.3 is 10.2 Å². The van der Waals surface area contributed by atoms with Crippen LogP contribution in [0.4, 0.5) is 0 Å². The maximum absolute atomic E-state index is 3.75. The van der Waals surface area contributed by atoms with E-state index in [1.165, 1.54) is 51.5 Å². The fraction of sp³-hybridized carbons (Fsp3) is 1.00. The lowest BCUT2D eigenvalue weighted by molar-refractivity contribution is 0.176. The summed E-state index contributed by atoms with van der Waals surface area (Å²) in [7, 11) is 2.31. The van der Waals surface area contributed by atoms with Gasteiger partial charge in [-0.1, -0.05) is 47.0 Å². The molecule has 2 atom stereocenters. The fourth-order valence-electron chi connectivity index (χ4n) is 2.75. The summed E-state index contributed by atoms with van der Waals surface area (Å²) in [5, 5.41) is 3.75. The van der Waals surface area contributed by atoms with Gasteiger partial charge in [-0.05, 0) is 45.8 Å². The first-order valence-corrected chi connectivity index (χ1v) is 8.14. The van der Waals surface area contributed by atoms with Gasteiger partial charge in [0.2, 0.25) is 0 Å². The third kappa shape index (κ3) is 7.38. The first-order chi connectivity index (χ1) is 8.71. The molecule has 0 aliphatic heterocycles. The van der Waals surface area contributed by atoms with E-state index in [1.54, 1.807) is 0 Å². The molecule has 0 radical (unpaired) electrons. The normalized spacial score (nSPS) is 15.0. The van der Waals surface area contributed by atoms with Crippen LogP contribution >= 0.6 is 0 Å². The summed E-state index contributed by atoms with van der Waals surface area (Å²) in [6.07, 6.45) is 9.09. The van der Waals surface area contributed by atoms with Crippen molar-refractivity contribution < 1.29 is 0 Å². The Labute approximate surface area is 116 Å². The minimum absolute atomic E-state index is 0.673. The van der Waals surface area contributed by atoms with Gasteiger partial charge in [-0.15, -0.1) is 0 Å². The maximum atomic E-state index is 3.75. The molecule has 2 nitrogen and oxygen atoms in total. The number of rotatable bonds is 12. The van der Waals surface area contributed by atoms with Crippen molar-refractivity contribution in [2.45, 2.75) is 84.7 Å². The van der Waals surface area contributed by atoms with Crippen LogP contribution in [0.25, 0.3) is 0 Å². The van der Waals surface area contributed by atoms with E-state index >= 15 is 0 Å². The zero-order chi connectivity index (χ0) is 13.8. The van der Waals surface area contributed by atoms with Gasteiger partial charge in [0, 0.05) is 12.1 Å². The van der Waals surface area contributed by atoms with E-state index in [1.807, 2.05) is 0 Å². The molecule has 0 spiro atoms. The third-order valence-corrected chi connectivity index (χ3v) is 3.82. The molecule has 0 rings (SSSR count). The second-order valence-corrected chi connectivity index (χ2v) is 5.51. The molecule has 0 saturated heterocycles. The van der Waals surface area contributed by atoms with Crippen molar-refractivity contribution in [2.24, 2.45) is 0 Å². The summed E-state index contributed by atoms with van der Waals surface area (Å²) in [5.74, 6) is 0. The second-order valence-electron chi connectivity index (χ2n) is 5.51. The third-order valence-electron chi connectivity index (χ3n) is 3.82. The van der Waals surface area contributed by atoms with E-state index in [0.717, 1.165) is 6.54 Å². The number of unbranched alkanes of at least 4 members (excludes halogenated alkanes) is 2. The summed E-state index contributed by atoms with van der Waals surface area (Å²) in [6.45, 7) is 11.6. The zero-order valence-electron chi connectivity index (χ0n) is 13.5. The number of hydrogen-bond donors (Lipinski definition) is 1. The summed E-state index contributed by atoms with van der Waals surface area (Å²) in [6, 6.07) is 1.37. The molecule has 2 unspecified atom stereocenters. The SMILES string of the molecule is CCCCCN(C)C(CC)C(CCC)NCCC. The Morgan fingerprint density at radius 1 is 0.944 bits per heavy atom. The molecule has 110 valence electrons. The monoisotopic (exact) mass is 256 g/mol. The van der Waals surface area contributed by atoms with Crippen LogP contribution in [0.3, 0.4) is 0 Å². The highest BCUT2D eigenvalue weighted by Crippen LogP contribution is 2.13. The van der Waals surface area contributed by atoms with Crippen LogP contribution in [-0.2, 0) is 0 Å². The lowest BCUT2D eigenvalue weighted by Crippen LogP contribution is -2.48. The molecule has 0 heterocycles.